The van der Waals surface area contributed by atoms with Crippen molar-refractivity contribution in [2.75, 3.05) is 18.9 Å². The quantitative estimate of drug-likeness (QED) is 0.766. The summed E-state index contributed by atoms with van der Waals surface area (Å²) in [6.45, 7) is 4.03. The minimum absolute atomic E-state index is 0.00306. The summed E-state index contributed by atoms with van der Waals surface area (Å²) < 4.78 is 0. The fourth-order valence-electron chi connectivity index (χ4n) is 2.82. The summed E-state index contributed by atoms with van der Waals surface area (Å²) in [5.41, 5.74) is 4.53. The Balaban J connectivity index is 1.71. The molecule has 5 nitrogen and oxygen atoms in total. The highest BCUT2D eigenvalue weighted by Gasteiger charge is 2.16. The van der Waals surface area contributed by atoms with Crippen LogP contribution in [0.3, 0.4) is 0 Å². The number of H-pyrrole nitrogens is 1. The van der Waals surface area contributed by atoms with E-state index in [1.165, 1.54) is 4.90 Å². The fraction of sp³-hybridized carbons (Fsp3) is 0.200. The lowest BCUT2D eigenvalue weighted by Gasteiger charge is -2.17. The molecule has 0 fully saturated rings. The van der Waals surface area contributed by atoms with E-state index < -0.39 is 0 Å². The van der Waals surface area contributed by atoms with Gasteiger partial charge in [0.2, 0.25) is 5.91 Å². The van der Waals surface area contributed by atoms with Crippen molar-refractivity contribution in [3.05, 3.63) is 65.4 Å². The summed E-state index contributed by atoms with van der Waals surface area (Å²) in [5, 5.41) is 3.82. The topological polar surface area (TPSA) is 65.2 Å². The second-order valence-electron chi connectivity index (χ2n) is 6.21. The Kier molecular flexibility index (Phi) is 4.57. The summed E-state index contributed by atoms with van der Waals surface area (Å²) in [6.07, 6.45) is 0. The SMILES string of the molecule is Cc1[nH]c2ccc(C(=O)N(C)CC(=O)Nc3ccccc3)cc2c1C. The summed E-state index contributed by atoms with van der Waals surface area (Å²) in [5.74, 6) is -0.403. The van der Waals surface area contributed by atoms with E-state index in [2.05, 4.69) is 10.3 Å². The molecule has 0 unspecified atom stereocenters. The zero-order chi connectivity index (χ0) is 18.0. The second-order valence-corrected chi connectivity index (χ2v) is 6.21. The van der Waals surface area contributed by atoms with Crippen LogP contribution in [0.4, 0.5) is 5.69 Å². The van der Waals surface area contributed by atoms with Crippen LogP contribution < -0.4 is 5.32 Å². The third-order valence-corrected chi connectivity index (χ3v) is 4.34. The maximum atomic E-state index is 12.6. The molecule has 0 bridgehead atoms. The number of nitrogens with one attached hydrogen (secondary N) is 2. The summed E-state index contributed by atoms with van der Waals surface area (Å²) >= 11 is 0. The molecule has 2 N–H and O–H groups in total. The lowest BCUT2D eigenvalue weighted by molar-refractivity contribution is -0.116. The van der Waals surface area contributed by atoms with Gasteiger partial charge in [-0.25, -0.2) is 0 Å². The number of carbonyl (C=O) groups excluding carboxylic acids is 2. The number of likely N-dealkylation sites (N-methyl/N-ethyl adjacent to an activating group) is 1. The molecule has 25 heavy (non-hydrogen) atoms. The number of carbonyl (C=O) groups is 2. The summed E-state index contributed by atoms with van der Waals surface area (Å²) in [7, 11) is 1.63. The van der Waals surface area contributed by atoms with E-state index in [1.54, 1.807) is 13.1 Å². The normalized spacial score (nSPS) is 10.7. The van der Waals surface area contributed by atoms with Crippen molar-refractivity contribution >= 4 is 28.4 Å². The highest BCUT2D eigenvalue weighted by Crippen LogP contribution is 2.22. The number of benzene rings is 2. The predicted octanol–water partition coefficient (Wildman–Crippen LogP) is 3.50. The van der Waals surface area contributed by atoms with Gasteiger partial charge in [0, 0.05) is 34.9 Å². The lowest BCUT2D eigenvalue weighted by Crippen LogP contribution is -2.34. The monoisotopic (exact) mass is 335 g/mol. The Labute approximate surface area is 146 Å². The maximum absolute atomic E-state index is 12.6. The van der Waals surface area contributed by atoms with Gasteiger partial charge in [0.15, 0.2) is 0 Å². The first-order valence-electron chi connectivity index (χ1n) is 8.15. The van der Waals surface area contributed by atoms with Crippen molar-refractivity contribution in [1.82, 2.24) is 9.88 Å². The highest BCUT2D eigenvalue weighted by atomic mass is 16.2. The molecule has 3 rings (SSSR count). The van der Waals surface area contributed by atoms with E-state index in [0.29, 0.717) is 11.3 Å². The average Bonchev–Trinajstić information content (AvgIpc) is 2.89. The van der Waals surface area contributed by atoms with Crippen LogP contribution in [0.15, 0.2) is 48.5 Å². The molecule has 0 saturated carbocycles. The van der Waals surface area contributed by atoms with Crippen LogP contribution >= 0.6 is 0 Å². The number of nitrogens with zero attached hydrogens (tertiary/aromatic N) is 1. The molecule has 5 heteroatoms. The molecule has 0 aliphatic heterocycles. The van der Waals surface area contributed by atoms with Gasteiger partial charge >= 0.3 is 0 Å². The van der Waals surface area contributed by atoms with E-state index in [4.69, 9.17) is 0 Å². The van der Waals surface area contributed by atoms with Gasteiger partial charge in [0.25, 0.3) is 5.91 Å². The Morgan fingerprint density at radius 1 is 1.08 bits per heavy atom. The number of aromatic nitrogens is 1. The van der Waals surface area contributed by atoms with Gasteiger partial charge < -0.3 is 15.2 Å². The molecule has 0 aliphatic carbocycles. The van der Waals surface area contributed by atoms with Crippen molar-refractivity contribution in [1.29, 1.82) is 0 Å². The van der Waals surface area contributed by atoms with Gasteiger partial charge in [0.05, 0.1) is 6.54 Å². The van der Waals surface area contributed by atoms with Crippen molar-refractivity contribution in [3.8, 4) is 0 Å². The van der Waals surface area contributed by atoms with Crippen LogP contribution in [0.5, 0.6) is 0 Å². The van der Waals surface area contributed by atoms with Crippen molar-refractivity contribution in [3.63, 3.8) is 0 Å². The van der Waals surface area contributed by atoms with Crippen molar-refractivity contribution in [2.24, 2.45) is 0 Å². The molecule has 3 aromatic rings. The van der Waals surface area contributed by atoms with Gasteiger partial charge in [-0.1, -0.05) is 18.2 Å². The molecule has 0 atom stereocenters. The molecule has 2 aromatic carbocycles. The molecule has 0 radical (unpaired) electrons. The summed E-state index contributed by atoms with van der Waals surface area (Å²) in [6, 6.07) is 14.8. The number of rotatable bonds is 4. The third kappa shape index (κ3) is 3.55. The highest BCUT2D eigenvalue weighted by molar-refractivity contribution is 6.01. The maximum Gasteiger partial charge on any atom is 0.254 e. The van der Waals surface area contributed by atoms with Gasteiger partial charge in [0.1, 0.15) is 0 Å². The molecular formula is C20H21N3O2. The first-order valence-corrected chi connectivity index (χ1v) is 8.15. The minimum atomic E-state index is -0.225. The van der Waals surface area contributed by atoms with E-state index in [9.17, 15) is 9.59 Å². The van der Waals surface area contributed by atoms with Crippen LogP contribution in [0.1, 0.15) is 21.6 Å². The molecule has 2 amide bonds. The number of aryl methyl sites for hydroxylation is 2. The minimum Gasteiger partial charge on any atom is -0.358 e. The second kappa shape index (κ2) is 6.81. The van der Waals surface area contributed by atoms with E-state index in [1.807, 2.05) is 56.3 Å². The van der Waals surface area contributed by atoms with Crippen LogP contribution in [-0.2, 0) is 4.79 Å². The van der Waals surface area contributed by atoms with Crippen LogP contribution in [0.2, 0.25) is 0 Å². The van der Waals surface area contributed by atoms with Gasteiger partial charge in [-0.3, -0.25) is 9.59 Å². The van der Waals surface area contributed by atoms with Gasteiger partial charge in [-0.05, 0) is 49.7 Å². The molecule has 0 saturated heterocycles. The first-order chi connectivity index (χ1) is 12.0. The average molecular weight is 335 g/mol. The number of fused-ring (bicyclic) bond motifs is 1. The van der Waals surface area contributed by atoms with E-state index >= 15 is 0 Å². The number of hydrogen-bond acceptors (Lipinski definition) is 2. The Bertz CT molecular complexity index is 929. The van der Waals surface area contributed by atoms with Crippen LogP contribution in [-0.4, -0.2) is 35.3 Å². The largest absolute Gasteiger partial charge is 0.358 e. The van der Waals surface area contributed by atoms with Crippen LogP contribution in [0.25, 0.3) is 10.9 Å². The number of para-hydroxylation sites is 1. The fourth-order valence-corrected chi connectivity index (χ4v) is 2.82. The van der Waals surface area contributed by atoms with E-state index in [0.717, 1.165) is 22.2 Å². The Morgan fingerprint density at radius 2 is 1.80 bits per heavy atom. The van der Waals surface area contributed by atoms with E-state index in [-0.39, 0.29) is 18.4 Å². The molecule has 0 aliphatic rings. The zero-order valence-corrected chi connectivity index (χ0v) is 14.6. The van der Waals surface area contributed by atoms with Crippen molar-refractivity contribution < 1.29 is 9.59 Å². The van der Waals surface area contributed by atoms with Gasteiger partial charge in [-0.2, -0.15) is 0 Å². The third-order valence-electron chi connectivity index (χ3n) is 4.34. The predicted molar refractivity (Wildman–Crippen MR) is 99.8 cm³/mol. The zero-order valence-electron chi connectivity index (χ0n) is 14.6. The molecule has 128 valence electrons. The Hall–Kier alpha value is -3.08. The Morgan fingerprint density at radius 3 is 2.52 bits per heavy atom. The smallest absolute Gasteiger partial charge is 0.254 e. The number of aromatic amines is 1. The number of hydrogen-bond donors (Lipinski definition) is 2. The lowest BCUT2D eigenvalue weighted by atomic mass is 10.1. The molecule has 0 spiro atoms. The number of anilines is 1. The number of amides is 2. The summed E-state index contributed by atoms with van der Waals surface area (Å²) in [4.78, 5) is 29.5. The standard InChI is InChI=1S/C20H21N3O2/c1-13-14(2)21-18-10-9-15(11-17(13)18)20(25)23(3)12-19(24)22-16-7-5-4-6-8-16/h4-11,21H,12H2,1-3H3,(H,22,24). The molecule has 1 aromatic heterocycles. The van der Waals surface area contributed by atoms with Crippen molar-refractivity contribution in [2.45, 2.75) is 13.8 Å². The molecular weight excluding hydrogens is 314 g/mol. The van der Waals surface area contributed by atoms with Crippen LogP contribution in [0, 0.1) is 13.8 Å². The molecule has 1 heterocycles. The van der Waals surface area contributed by atoms with Gasteiger partial charge in [-0.15, -0.1) is 0 Å². The first kappa shape index (κ1) is 16.8.